The van der Waals surface area contributed by atoms with Gasteiger partial charge in [0.05, 0.1) is 13.4 Å². The van der Waals surface area contributed by atoms with E-state index in [0.717, 1.165) is 6.26 Å². The van der Waals surface area contributed by atoms with Gasteiger partial charge in [0.25, 0.3) is 5.91 Å². The molecule has 0 aromatic heterocycles. The van der Waals surface area contributed by atoms with Gasteiger partial charge in [-0.15, -0.1) is 0 Å². The monoisotopic (exact) mass is 491 g/mol. The minimum Gasteiger partial charge on any atom is -0.497 e. The zero-order chi connectivity index (χ0) is 24.7. The average Bonchev–Trinajstić information content (AvgIpc) is 3.03. The number of carbonyl (C=O) groups excluding carboxylic acids is 1. The first-order chi connectivity index (χ1) is 16.0. The second-order valence-corrected chi connectivity index (χ2v) is 9.94. The molecule has 182 valence electrons. The van der Waals surface area contributed by atoms with Gasteiger partial charge in [-0.25, -0.2) is 9.38 Å². The molecule has 0 aliphatic carbocycles. The molecule has 2 aromatic carbocycles. The van der Waals surface area contributed by atoms with Gasteiger partial charge >= 0.3 is 10.1 Å². The van der Waals surface area contributed by atoms with E-state index in [1.54, 1.807) is 19.2 Å². The molecule has 0 bridgehead atoms. The van der Waals surface area contributed by atoms with Gasteiger partial charge in [-0.2, -0.15) is 8.42 Å². The van der Waals surface area contributed by atoms with E-state index >= 15 is 4.39 Å². The molecular formula is C23H26FN3O6S. The molecule has 1 atom stereocenters. The number of hydrogen-bond acceptors (Lipinski definition) is 8. The lowest BCUT2D eigenvalue weighted by molar-refractivity contribution is -0.134. The van der Waals surface area contributed by atoms with E-state index in [1.165, 1.54) is 36.3 Å². The van der Waals surface area contributed by atoms with E-state index in [4.69, 9.17) is 19.4 Å². The van der Waals surface area contributed by atoms with Crippen molar-refractivity contribution in [3.8, 4) is 22.6 Å². The number of methoxy groups -OCH3 is 1. The highest BCUT2D eigenvalue weighted by molar-refractivity contribution is 7.86. The fourth-order valence-corrected chi connectivity index (χ4v) is 4.97. The maximum Gasteiger partial charge on any atom is 0.306 e. The molecule has 2 aliphatic rings. The van der Waals surface area contributed by atoms with Crippen LogP contribution >= 0.6 is 0 Å². The van der Waals surface area contributed by atoms with Crippen LogP contribution in [0.3, 0.4) is 0 Å². The Balaban J connectivity index is 1.88. The van der Waals surface area contributed by atoms with Crippen LogP contribution in [-0.4, -0.2) is 58.8 Å². The first kappa shape index (κ1) is 24.0. The first-order valence-corrected chi connectivity index (χ1v) is 12.5. The number of nitrogens with zero attached hydrogens (tertiary/aromatic N) is 2. The van der Waals surface area contributed by atoms with Crippen LogP contribution in [0.25, 0.3) is 11.1 Å². The summed E-state index contributed by atoms with van der Waals surface area (Å²) in [6.45, 7) is 0.962. The largest absolute Gasteiger partial charge is 0.497 e. The molecule has 0 spiro atoms. The number of amides is 1. The smallest absolute Gasteiger partial charge is 0.306 e. The van der Waals surface area contributed by atoms with Crippen molar-refractivity contribution in [3.05, 3.63) is 47.8 Å². The van der Waals surface area contributed by atoms with E-state index in [-0.39, 0.29) is 34.8 Å². The summed E-state index contributed by atoms with van der Waals surface area (Å²) in [5, 5.41) is 0. The number of ether oxygens (including phenoxy) is 2. The standard InChI is InChI=1S/C23H26FN3O6S/c1-27-21(28)23(26-22(27)25,15-6-8-32-9-7-15)16-4-5-20(24)19(12-16)14-10-17(31-2)13-18(11-14)33-34(3,29)30/h4-5,10-13,15H,6-9H2,1-3H3,(H2,25,26). The summed E-state index contributed by atoms with van der Waals surface area (Å²) < 4.78 is 54.1. The predicted octanol–water partition coefficient (Wildman–Crippen LogP) is 2.25. The second-order valence-electron chi connectivity index (χ2n) is 8.37. The summed E-state index contributed by atoms with van der Waals surface area (Å²) in [6.07, 6.45) is 2.10. The van der Waals surface area contributed by atoms with Gasteiger partial charge < -0.3 is 19.4 Å². The Bertz CT molecular complexity index is 1260. The Morgan fingerprint density at radius 2 is 1.85 bits per heavy atom. The number of hydrogen-bond donors (Lipinski definition) is 1. The second kappa shape index (κ2) is 8.88. The molecule has 1 fully saturated rings. The van der Waals surface area contributed by atoms with Crippen molar-refractivity contribution in [2.75, 3.05) is 33.6 Å². The van der Waals surface area contributed by atoms with E-state index < -0.39 is 21.5 Å². The van der Waals surface area contributed by atoms with Gasteiger partial charge in [-0.05, 0) is 48.2 Å². The molecule has 11 heteroatoms. The Morgan fingerprint density at radius 1 is 1.18 bits per heavy atom. The lowest BCUT2D eigenvalue weighted by Crippen LogP contribution is -2.46. The van der Waals surface area contributed by atoms with Gasteiger partial charge in [0.15, 0.2) is 11.5 Å². The number of aliphatic imine (C=N–C) groups is 1. The summed E-state index contributed by atoms with van der Waals surface area (Å²) in [5.41, 5.74) is 5.67. The number of nitrogens with two attached hydrogens (primary N) is 1. The predicted molar refractivity (Wildman–Crippen MR) is 123 cm³/mol. The van der Waals surface area contributed by atoms with E-state index in [1.807, 2.05) is 0 Å². The van der Waals surface area contributed by atoms with Crippen molar-refractivity contribution in [1.29, 1.82) is 0 Å². The van der Waals surface area contributed by atoms with Crippen LogP contribution in [0.15, 0.2) is 41.4 Å². The molecule has 1 saturated heterocycles. The molecule has 34 heavy (non-hydrogen) atoms. The highest BCUT2D eigenvalue weighted by Crippen LogP contribution is 2.45. The molecule has 2 N–H and O–H groups in total. The van der Waals surface area contributed by atoms with Crippen LogP contribution in [0.4, 0.5) is 4.39 Å². The van der Waals surface area contributed by atoms with Crippen molar-refractivity contribution in [3.63, 3.8) is 0 Å². The molecule has 2 aromatic rings. The van der Waals surface area contributed by atoms with Crippen molar-refractivity contribution in [2.45, 2.75) is 18.4 Å². The molecule has 1 amide bonds. The molecule has 1 unspecified atom stereocenters. The van der Waals surface area contributed by atoms with Gasteiger partial charge in [-0.1, -0.05) is 6.07 Å². The van der Waals surface area contributed by atoms with Crippen molar-refractivity contribution in [1.82, 2.24) is 4.90 Å². The van der Waals surface area contributed by atoms with Gasteiger partial charge in [0.1, 0.15) is 17.3 Å². The molecule has 0 radical (unpaired) electrons. The van der Waals surface area contributed by atoms with Crippen molar-refractivity contribution < 1.29 is 31.3 Å². The third-order valence-electron chi connectivity index (χ3n) is 6.16. The normalized spacial score (nSPS) is 21.5. The summed E-state index contributed by atoms with van der Waals surface area (Å²) >= 11 is 0. The Labute approximate surface area is 197 Å². The topological polar surface area (TPSA) is 121 Å². The van der Waals surface area contributed by atoms with Crippen molar-refractivity contribution >= 4 is 22.0 Å². The average molecular weight is 492 g/mol. The number of guanidine groups is 1. The van der Waals surface area contributed by atoms with Crippen LogP contribution in [0.5, 0.6) is 11.5 Å². The number of rotatable bonds is 6. The third kappa shape index (κ3) is 4.32. The Morgan fingerprint density at radius 3 is 2.44 bits per heavy atom. The highest BCUT2D eigenvalue weighted by atomic mass is 32.2. The quantitative estimate of drug-likeness (QED) is 0.615. The van der Waals surface area contributed by atoms with Crippen LogP contribution in [0.2, 0.25) is 0 Å². The maximum atomic E-state index is 15.1. The minimum atomic E-state index is -3.82. The highest BCUT2D eigenvalue weighted by Gasteiger charge is 2.53. The van der Waals surface area contributed by atoms with Gasteiger partial charge in [-0.3, -0.25) is 9.69 Å². The first-order valence-electron chi connectivity index (χ1n) is 10.7. The van der Waals surface area contributed by atoms with Crippen LogP contribution in [0, 0.1) is 11.7 Å². The third-order valence-corrected chi connectivity index (χ3v) is 6.65. The summed E-state index contributed by atoms with van der Waals surface area (Å²) in [4.78, 5) is 19.4. The molecule has 9 nitrogen and oxygen atoms in total. The van der Waals surface area contributed by atoms with Gasteiger partial charge in [0.2, 0.25) is 0 Å². The molecular weight excluding hydrogens is 465 g/mol. The molecule has 2 aliphatic heterocycles. The van der Waals surface area contributed by atoms with Crippen LogP contribution < -0.4 is 14.7 Å². The van der Waals surface area contributed by atoms with Crippen LogP contribution in [-0.2, 0) is 25.2 Å². The van der Waals surface area contributed by atoms with Crippen LogP contribution in [0.1, 0.15) is 18.4 Å². The fourth-order valence-electron chi connectivity index (χ4n) is 4.52. The van der Waals surface area contributed by atoms with E-state index in [0.29, 0.717) is 37.2 Å². The Hall–Kier alpha value is -3.18. The minimum absolute atomic E-state index is 0.0280. The molecule has 4 rings (SSSR count). The molecule has 0 saturated carbocycles. The Kier molecular flexibility index (Phi) is 6.26. The van der Waals surface area contributed by atoms with Gasteiger partial charge in [0, 0.05) is 37.8 Å². The summed E-state index contributed by atoms with van der Waals surface area (Å²) in [6, 6.07) is 8.69. The lowest BCUT2D eigenvalue weighted by atomic mass is 9.73. The van der Waals surface area contributed by atoms with E-state index in [2.05, 4.69) is 4.99 Å². The maximum absolute atomic E-state index is 15.1. The fraction of sp³-hybridized carbons (Fsp3) is 0.391. The van der Waals surface area contributed by atoms with Crippen molar-refractivity contribution in [2.24, 2.45) is 16.6 Å². The lowest BCUT2D eigenvalue weighted by Gasteiger charge is -2.36. The zero-order valence-corrected chi connectivity index (χ0v) is 19.9. The van der Waals surface area contributed by atoms with E-state index in [9.17, 15) is 13.2 Å². The SMILES string of the molecule is COc1cc(OS(C)(=O)=O)cc(-c2cc(C3(C4CCOCC4)N=C(N)N(C)C3=O)ccc2F)c1. The number of halogens is 1. The zero-order valence-electron chi connectivity index (χ0n) is 19.1. The number of likely N-dealkylation sites (N-methyl/N-ethyl adjacent to an activating group) is 1. The summed E-state index contributed by atoms with van der Waals surface area (Å²) in [5.74, 6) is -0.710. The summed E-state index contributed by atoms with van der Waals surface area (Å²) in [7, 11) is -0.857. The number of carbonyl (C=O) groups is 1. The molecule has 2 heterocycles. The number of benzene rings is 2.